The molecule has 0 N–H and O–H groups in total. The first-order chi connectivity index (χ1) is 9.72. The molecule has 0 bridgehead atoms. The van der Waals surface area contributed by atoms with Crippen LogP contribution >= 0.6 is 0 Å². The van der Waals surface area contributed by atoms with Gasteiger partial charge >= 0.3 is 26.2 Å². The van der Waals surface area contributed by atoms with Gasteiger partial charge in [0.25, 0.3) is 0 Å². The van der Waals surface area contributed by atoms with Crippen LogP contribution in [0.5, 0.6) is 0 Å². The maximum absolute atomic E-state index is 2.20. The zero-order valence-electron chi connectivity index (χ0n) is 13.4. The molecule has 0 aliphatic carbocycles. The summed E-state index contributed by atoms with van der Waals surface area (Å²) < 4.78 is 0. The van der Waals surface area contributed by atoms with Gasteiger partial charge < -0.3 is 0 Å². The molecule has 0 fully saturated rings. The Morgan fingerprint density at radius 1 is 0.636 bits per heavy atom. The second kappa shape index (κ2) is 8.41. The summed E-state index contributed by atoms with van der Waals surface area (Å²) in [4.78, 5) is 0. The normalized spacial score (nSPS) is 9.55. The van der Waals surface area contributed by atoms with Gasteiger partial charge in [-0.3, -0.25) is 0 Å². The van der Waals surface area contributed by atoms with E-state index >= 15 is 0 Å². The van der Waals surface area contributed by atoms with Crippen molar-refractivity contribution in [2.45, 2.75) is 13.8 Å². The minimum absolute atomic E-state index is 0. The largest absolute Gasteiger partial charge is 2.00 e. The standard InChI is InChI=1S/2C10H9.H3Si.Zr/c2*1-8-6-9-4-2-3-5-10(9)7-8;;/h2*2-7H,1H3;1H3;/q2*-1;;+2. The number of aryl methyl sites for hydroxylation is 2. The Balaban J connectivity index is 0.000000202. The number of rotatable bonds is 0. The van der Waals surface area contributed by atoms with Gasteiger partial charge in [0.1, 0.15) is 0 Å². The molecular weight excluding hydrogens is 360 g/mol. The van der Waals surface area contributed by atoms with Gasteiger partial charge in [0, 0.05) is 0 Å². The van der Waals surface area contributed by atoms with Crippen molar-refractivity contribution in [3.05, 3.63) is 83.9 Å². The maximum Gasteiger partial charge on any atom is 2.00 e. The Labute approximate surface area is 156 Å². The zero-order chi connectivity index (χ0) is 13.9. The summed E-state index contributed by atoms with van der Waals surface area (Å²) in [6.45, 7) is 4.25. The predicted octanol–water partition coefficient (Wildman–Crippen LogP) is 4.55. The van der Waals surface area contributed by atoms with Crippen molar-refractivity contribution in [2.24, 2.45) is 0 Å². The van der Waals surface area contributed by atoms with Gasteiger partial charge in [0.15, 0.2) is 0 Å². The zero-order valence-corrected chi connectivity index (χ0v) is 17.9. The van der Waals surface area contributed by atoms with Crippen LogP contribution in [0.15, 0.2) is 72.8 Å². The van der Waals surface area contributed by atoms with E-state index in [9.17, 15) is 0 Å². The third kappa shape index (κ3) is 4.38. The molecule has 4 rings (SSSR count). The molecule has 0 aliphatic heterocycles. The Morgan fingerprint density at radius 3 is 1.36 bits per heavy atom. The molecule has 0 saturated carbocycles. The van der Waals surface area contributed by atoms with Crippen LogP contribution in [0.1, 0.15) is 11.1 Å². The third-order valence-electron chi connectivity index (χ3n) is 3.52. The molecule has 0 aliphatic rings. The topological polar surface area (TPSA) is 0 Å². The Bertz CT molecular complexity index is 701. The van der Waals surface area contributed by atoms with E-state index in [1.807, 2.05) is 0 Å². The van der Waals surface area contributed by atoms with E-state index in [2.05, 4.69) is 86.6 Å². The number of hydrogen-bond acceptors (Lipinski definition) is 0. The fourth-order valence-electron chi connectivity index (χ4n) is 2.61. The Kier molecular flexibility index (Phi) is 7.19. The number of fused-ring (bicyclic) bond motifs is 2. The second-order valence-corrected chi connectivity index (χ2v) is 5.32. The average Bonchev–Trinajstić information content (AvgIpc) is 2.99. The van der Waals surface area contributed by atoms with Crippen LogP contribution in [0.4, 0.5) is 0 Å². The predicted molar refractivity (Wildman–Crippen MR) is 98.5 cm³/mol. The first kappa shape index (κ1) is 18.8. The van der Waals surface area contributed by atoms with Crippen LogP contribution in [0.3, 0.4) is 0 Å². The number of hydrogen-bond donors (Lipinski definition) is 0. The van der Waals surface area contributed by atoms with Gasteiger partial charge in [0.2, 0.25) is 0 Å². The van der Waals surface area contributed by atoms with Gasteiger partial charge in [-0.05, 0) is 11.0 Å². The van der Waals surface area contributed by atoms with Crippen molar-refractivity contribution >= 4 is 32.5 Å². The molecule has 4 aromatic carbocycles. The minimum Gasteiger partial charge on any atom is -0.165 e. The molecule has 0 saturated heterocycles. The molecule has 2 heteroatoms. The average molecular weight is 381 g/mol. The quantitative estimate of drug-likeness (QED) is 0.310. The maximum atomic E-state index is 2.20. The van der Waals surface area contributed by atoms with Crippen molar-refractivity contribution in [1.29, 1.82) is 0 Å². The van der Waals surface area contributed by atoms with Gasteiger partial charge in [-0.2, -0.15) is 12.1 Å². The van der Waals surface area contributed by atoms with E-state index < -0.39 is 0 Å². The summed E-state index contributed by atoms with van der Waals surface area (Å²) in [5.41, 5.74) is 2.70. The van der Waals surface area contributed by atoms with Crippen LogP contribution in [-0.2, 0) is 26.2 Å². The Morgan fingerprint density at radius 2 is 1.00 bits per heavy atom. The second-order valence-electron chi connectivity index (χ2n) is 5.32. The molecule has 0 unspecified atom stereocenters. The van der Waals surface area contributed by atoms with Crippen LogP contribution in [0, 0.1) is 13.8 Å². The monoisotopic (exact) mass is 379 g/mol. The first-order valence-corrected chi connectivity index (χ1v) is 6.96. The number of benzene rings is 2. The molecule has 0 aromatic heterocycles. The van der Waals surface area contributed by atoms with Gasteiger partial charge in [-0.25, -0.2) is 0 Å². The summed E-state index contributed by atoms with van der Waals surface area (Å²) in [5, 5.41) is 5.39. The molecule has 109 valence electrons. The van der Waals surface area contributed by atoms with Crippen molar-refractivity contribution in [3.63, 3.8) is 0 Å². The molecule has 0 spiro atoms. The fourth-order valence-corrected chi connectivity index (χ4v) is 2.61. The molecule has 0 amide bonds. The van der Waals surface area contributed by atoms with Crippen molar-refractivity contribution in [1.82, 2.24) is 0 Å². The van der Waals surface area contributed by atoms with Crippen LogP contribution < -0.4 is 0 Å². The smallest absolute Gasteiger partial charge is 0.165 e. The molecular formula is C20H21SiZr. The SMILES string of the molecule is Cc1cc2ccccc2[cH-]1.Cc1cc2ccccc2[cH-]1.[SiH3].[Zr+2]. The molecule has 4 aromatic rings. The summed E-state index contributed by atoms with van der Waals surface area (Å²) in [5.74, 6) is 0. The van der Waals surface area contributed by atoms with Crippen molar-refractivity contribution < 1.29 is 26.2 Å². The fraction of sp³-hybridized carbons (Fsp3) is 0.100. The first-order valence-electron chi connectivity index (χ1n) is 6.96. The van der Waals surface area contributed by atoms with E-state index in [1.165, 1.54) is 32.7 Å². The summed E-state index contributed by atoms with van der Waals surface area (Å²) >= 11 is 0. The minimum atomic E-state index is 0. The van der Waals surface area contributed by atoms with E-state index in [1.54, 1.807) is 0 Å². The van der Waals surface area contributed by atoms with E-state index in [-0.39, 0.29) is 37.2 Å². The Hall–Kier alpha value is -1.24. The molecule has 22 heavy (non-hydrogen) atoms. The van der Waals surface area contributed by atoms with E-state index in [4.69, 9.17) is 0 Å². The van der Waals surface area contributed by atoms with Crippen LogP contribution in [0.2, 0.25) is 0 Å². The summed E-state index contributed by atoms with van der Waals surface area (Å²) in [7, 11) is 0. The summed E-state index contributed by atoms with van der Waals surface area (Å²) in [6, 6.07) is 25.7. The molecule has 1 radical (unpaired) electrons. The van der Waals surface area contributed by atoms with Crippen molar-refractivity contribution in [3.8, 4) is 0 Å². The third-order valence-corrected chi connectivity index (χ3v) is 3.52. The van der Waals surface area contributed by atoms with Gasteiger partial charge in [-0.1, -0.05) is 26.0 Å². The summed E-state index contributed by atoms with van der Waals surface area (Å²) in [6.07, 6.45) is 0. The van der Waals surface area contributed by atoms with Crippen molar-refractivity contribution in [2.75, 3.05) is 0 Å². The van der Waals surface area contributed by atoms with Gasteiger partial charge in [0.05, 0.1) is 0 Å². The van der Waals surface area contributed by atoms with Gasteiger partial charge in [-0.15, -0.1) is 81.2 Å². The molecule has 0 nitrogen and oxygen atoms in total. The van der Waals surface area contributed by atoms with Crippen LogP contribution in [-0.4, -0.2) is 11.0 Å². The molecule has 0 heterocycles. The van der Waals surface area contributed by atoms with E-state index in [0.29, 0.717) is 0 Å². The van der Waals surface area contributed by atoms with E-state index in [0.717, 1.165) is 0 Å². The molecule has 0 atom stereocenters. The van der Waals surface area contributed by atoms with Crippen LogP contribution in [0.25, 0.3) is 21.5 Å².